The monoisotopic (exact) mass is 320 g/mol. The fraction of sp³-hybridized carbons (Fsp3) is 0.400. The molecule has 2 atom stereocenters. The number of aromatic amines is 1. The summed E-state index contributed by atoms with van der Waals surface area (Å²) in [6.45, 7) is 0.527. The molecule has 1 aliphatic rings. The predicted molar refractivity (Wildman–Crippen MR) is 82.4 cm³/mol. The van der Waals surface area contributed by atoms with Crippen molar-refractivity contribution in [1.29, 1.82) is 0 Å². The van der Waals surface area contributed by atoms with Gasteiger partial charge >= 0.3 is 0 Å². The summed E-state index contributed by atoms with van der Waals surface area (Å²) in [5.41, 5.74) is 1.02. The maximum Gasteiger partial charge on any atom is 0.223 e. The molecule has 1 fully saturated rings. The van der Waals surface area contributed by atoms with E-state index in [4.69, 9.17) is 12.2 Å². The first-order chi connectivity index (χ1) is 10.6. The number of nitrogens with zero attached hydrogens (tertiary/aromatic N) is 2. The lowest BCUT2D eigenvalue weighted by atomic mass is 10.1. The number of hydrogen-bond acceptors (Lipinski definition) is 3. The van der Waals surface area contributed by atoms with Crippen LogP contribution < -0.4 is 5.32 Å². The van der Waals surface area contributed by atoms with Gasteiger partial charge in [0.05, 0.1) is 0 Å². The zero-order valence-electron chi connectivity index (χ0n) is 12.2. The molecule has 0 unspecified atom stereocenters. The Kier molecular flexibility index (Phi) is 4.06. The molecule has 0 bridgehead atoms. The average molecular weight is 320 g/mol. The van der Waals surface area contributed by atoms with Crippen LogP contribution in [-0.2, 0) is 18.3 Å². The van der Waals surface area contributed by atoms with Crippen molar-refractivity contribution in [2.24, 2.45) is 13.0 Å². The van der Waals surface area contributed by atoms with E-state index in [0.717, 1.165) is 17.8 Å². The summed E-state index contributed by atoms with van der Waals surface area (Å²) >= 11 is 5.04. The molecule has 1 aromatic carbocycles. The normalized spacial score (nSPS) is 19.9. The average Bonchev–Trinajstić information content (AvgIpc) is 3.24. The number of aromatic nitrogens is 3. The van der Waals surface area contributed by atoms with E-state index in [2.05, 4.69) is 15.5 Å². The maximum atomic E-state index is 12.9. The van der Waals surface area contributed by atoms with E-state index in [0.29, 0.717) is 17.7 Å². The van der Waals surface area contributed by atoms with E-state index in [-0.39, 0.29) is 23.6 Å². The molecule has 1 aliphatic carbocycles. The standard InChI is InChI=1S/C15H17FN4OS/c1-20-13(18-19-15(20)22)6-7-17-14(21)12-8-11(12)9-2-4-10(16)5-3-9/h2-5,11-12H,6-8H2,1H3,(H,17,21)(H,19,22)/t11-,12-/m1/s1. The Morgan fingerprint density at radius 3 is 2.86 bits per heavy atom. The number of carbonyl (C=O) groups excluding carboxylic acids is 1. The van der Waals surface area contributed by atoms with Crippen LogP contribution in [0.2, 0.25) is 0 Å². The van der Waals surface area contributed by atoms with Gasteiger partial charge < -0.3 is 9.88 Å². The number of carbonyl (C=O) groups is 1. The summed E-state index contributed by atoms with van der Waals surface area (Å²) in [5.74, 6) is 0.815. The molecule has 0 saturated heterocycles. The van der Waals surface area contributed by atoms with Crippen molar-refractivity contribution in [3.05, 3.63) is 46.2 Å². The molecule has 5 nitrogen and oxygen atoms in total. The van der Waals surface area contributed by atoms with Gasteiger partial charge in [-0.15, -0.1) is 0 Å². The summed E-state index contributed by atoms with van der Waals surface area (Å²) in [5, 5.41) is 9.74. The first kappa shape index (κ1) is 14.9. The minimum Gasteiger partial charge on any atom is -0.355 e. The molecule has 22 heavy (non-hydrogen) atoms. The van der Waals surface area contributed by atoms with Gasteiger partial charge in [0.15, 0.2) is 4.77 Å². The van der Waals surface area contributed by atoms with Crippen molar-refractivity contribution in [3.8, 4) is 0 Å². The molecule has 1 amide bonds. The molecule has 1 saturated carbocycles. The van der Waals surface area contributed by atoms with Gasteiger partial charge in [0, 0.05) is 25.9 Å². The zero-order chi connectivity index (χ0) is 15.7. The lowest BCUT2D eigenvalue weighted by molar-refractivity contribution is -0.122. The summed E-state index contributed by atoms with van der Waals surface area (Å²) in [7, 11) is 1.84. The Morgan fingerprint density at radius 1 is 1.50 bits per heavy atom. The number of hydrogen-bond donors (Lipinski definition) is 2. The van der Waals surface area contributed by atoms with Crippen LogP contribution in [0.5, 0.6) is 0 Å². The van der Waals surface area contributed by atoms with Crippen LogP contribution in [0.15, 0.2) is 24.3 Å². The first-order valence-electron chi connectivity index (χ1n) is 7.19. The van der Waals surface area contributed by atoms with Gasteiger partial charge in [-0.2, -0.15) is 5.10 Å². The summed E-state index contributed by atoms with van der Waals surface area (Å²) < 4.78 is 15.3. The molecule has 1 heterocycles. The topological polar surface area (TPSA) is 62.7 Å². The van der Waals surface area contributed by atoms with Crippen LogP contribution in [0.3, 0.4) is 0 Å². The number of nitrogens with one attached hydrogen (secondary N) is 2. The molecule has 7 heteroatoms. The molecule has 0 radical (unpaired) electrons. The number of rotatable bonds is 5. The third-order valence-electron chi connectivity index (χ3n) is 4.05. The van der Waals surface area contributed by atoms with Crippen LogP contribution in [0, 0.1) is 16.5 Å². The highest BCUT2D eigenvalue weighted by molar-refractivity contribution is 7.71. The van der Waals surface area contributed by atoms with Crippen molar-refractivity contribution in [2.45, 2.75) is 18.8 Å². The summed E-state index contributed by atoms with van der Waals surface area (Å²) in [6.07, 6.45) is 1.45. The van der Waals surface area contributed by atoms with Crippen LogP contribution in [0.1, 0.15) is 23.7 Å². The van der Waals surface area contributed by atoms with E-state index in [1.807, 2.05) is 7.05 Å². The minimum atomic E-state index is -0.251. The van der Waals surface area contributed by atoms with Crippen LogP contribution in [0.25, 0.3) is 0 Å². The summed E-state index contributed by atoms with van der Waals surface area (Å²) in [6, 6.07) is 6.38. The molecular formula is C15H17FN4OS. The maximum absolute atomic E-state index is 12.9. The molecule has 0 spiro atoms. The van der Waals surface area contributed by atoms with Crippen molar-refractivity contribution in [2.75, 3.05) is 6.54 Å². The number of halogens is 1. The minimum absolute atomic E-state index is 0.00657. The third-order valence-corrected chi connectivity index (χ3v) is 4.41. The van der Waals surface area contributed by atoms with Gasteiger partial charge in [0.1, 0.15) is 11.6 Å². The van der Waals surface area contributed by atoms with E-state index in [1.54, 1.807) is 16.7 Å². The van der Waals surface area contributed by atoms with Crippen molar-refractivity contribution in [3.63, 3.8) is 0 Å². The SMILES string of the molecule is Cn1c(CCNC(=O)[C@@H]2C[C@@H]2c2ccc(F)cc2)n[nH]c1=S. The van der Waals surface area contributed by atoms with E-state index in [1.165, 1.54) is 12.1 Å². The lowest BCUT2D eigenvalue weighted by Gasteiger charge is -2.05. The highest BCUT2D eigenvalue weighted by Gasteiger charge is 2.43. The van der Waals surface area contributed by atoms with Gasteiger partial charge in [-0.05, 0) is 42.3 Å². The van der Waals surface area contributed by atoms with Gasteiger partial charge in [-0.3, -0.25) is 9.89 Å². The smallest absolute Gasteiger partial charge is 0.223 e. The number of benzene rings is 1. The van der Waals surface area contributed by atoms with Gasteiger partial charge in [0.25, 0.3) is 0 Å². The van der Waals surface area contributed by atoms with Crippen LogP contribution >= 0.6 is 12.2 Å². The Bertz CT molecular complexity index is 737. The second-order valence-electron chi connectivity index (χ2n) is 5.55. The van der Waals surface area contributed by atoms with Gasteiger partial charge in [-0.1, -0.05) is 12.1 Å². The molecule has 2 aromatic rings. The van der Waals surface area contributed by atoms with Crippen LogP contribution in [0.4, 0.5) is 4.39 Å². The Balaban J connectivity index is 1.48. The summed E-state index contributed by atoms with van der Waals surface area (Å²) in [4.78, 5) is 12.1. The van der Waals surface area contributed by atoms with Crippen molar-refractivity contribution >= 4 is 18.1 Å². The quantitative estimate of drug-likeness (QED) is 0.829. The van der Waals surface area contributed by atoms with Gasteiger partial charge in [-0.25, -0.2) is 4.39 Å². The fourth-order valence-corrected chi connectivity index (χ4v) is 2.75. The largest absolute Gasteiger partial charge is 0.355 e. The second kappa shape index (κ2) is 6.00. The Morgan fingerprint density at radius 2 is 2.23 bits per heavy atom. The van der Waals surface area contributed by atoms with E-state index < -0.39 is 0 Å². The molecule has 3 rings (SSSR count). The molecule has 0 aliphatic heterocycles. The van der Waals surface area contributed by atoms with E-state index in [9.17, 15) is 9.18 Å². The first-order valence-corrected chi connectivity index (χ1v) is 7.60. The number of amides is 1. The highest BCUT2D eigenvalue weighted by atomic mass is 32.1. The van der Waals surface area contributed by atoms with Crippen molar-refractivity contribution < 1.29 is 9.18 Å². The fourth-order valence-electron chi connectivity index (χ4n) is 2.59. The predicted octanol–water partition coefficient (Wildman–Crippen LogP) is 2.08. The third kappa shape index (κ3) is 3.09. The molecule has 2 N–H and O–H groups in total. The van der Waals surface area contributed by atoms with E-state index >= 15 is 0 Å². The zero-order valence-corrected chi connectivity index (χ0v) is 13.0. The Hall–Kier alpha value is -2.02. The van der Waals surface area contributed by atoms with Crippen LogP contribution in [-0.4, -0.2) is 27.2 Å². The number of H-pyrrole nitrogens is 1. The highest BCUT2D eigenvalue weighted by Crippen LogP contribution is 2.47. The lowest BCUT2D eigenvalue weighted by Crippen LogP contribution is -2.28. The molecule has 116 valence electrons. The second-order valence-corrected chi connectivity index (χ2v) is 5.93. The molecular weight excluding hydrogens is 303 g/mol. The molecule has 1 aromatic heterocycles. The Labute approximate surface area is 132 Å². The van der Waals surface area contributed by atoms with Crippen molar-refractivity contribution in [1.82, 2.24) is 20.1 Å². The van der Waals surface area contributed by atoms with Gasteiger partial charge in [0.2, 0.25) is 5.91 Å².